The predicted octanol–water partition coefficient (Wildman–Crippen LogP) is 3.96. The van der Waals surface area contributed by atoms with Crippen LogP contribution in [-0.4, -0.2) is 11.0 Å². The third kappa shape index (κ3) is 4.74. The van der Waals surface area contributed by atoms with Gasteiger partial charge in [-0.15, -0.1) is 11.3 Å². The Balaban J connectivity index is 1.77. The largest absolute Gasteiger partial charge is 0.392 e. The van der Waals surface area contributed by atoms with Gasteiger partial charge in [-0.3, -0.25) is 4.79 Å². The second-order valence-corrected chi connectivity index (χ2v) is 7.01. The van der Waals surface area contributed by atoms with Gasteiger partial charge in [-0.05, 0) is 58.6 Å². The lowest BCUT2D eigenvalue weighted by Crippen LogP contribution is -2.11. The fraction of sp³-hybridized carbons (Fsp3) is 0.267. The summed E-state index contributed by atoms with van der Waals surface area (Å²) in [7, 11) is 0. The minimum Gasteiger partial charge on any atom is -0.392 e. The molecule has 0 bridgehead atoms. The monoisotopic (exact) mass is 353 g/mol. The molecule has 0 saturated carbocycles. The number of aliphatic hydroxyl groups excluding tert-OH is 1. The summed E-state index contributed by atoms with van der Waals surface area (Å²) < 4.78 is 1.12. The van der Waals surface area contributed by atoms with Gasteiger partial charge in [-0.2, -0.15) is 0 Å². The Morgan fingerprint density at radius 1 is 1.30 bits per heavy atom. The molecule has 0 aliphatic carbocycles. The molecule has 1 heterocycles. The maximum atomic E-state index is 11.8. The van der Waals surface area contributed by atoms with E-state index in [4.69, 9.17) is 5.11 Å². The maximum absolute atomic E-state index is 11.8. The highest BCUT2D eigenvalue weighted by molar-refractivity contribution is 9.11. The summed E-state index contributed by atoms with van der Waals surface area (Å²) in [5.41, 5.74) is 1.53. The van der Waals surface area contributed by atoms with Crippen LogP contribution >= 0.6 is 27.3 Å². The van der Waals surface area contributed by atoms with E-state index in [0.29, 0.717) is 6.42 Å². The fourth-order valence-electron chi connectivity index (χ4n) is 1.88. The number of carbonyl (C=O) groups excluding carboxylic acids is 1. The first-order valence-corrected chi connectivity index (χ1v) is 8.02. The van der Waals surface area contributed by atoms with Gasteiger partial charge in [-0.25, -0.2) is 0 Å². The van der Waals surface area contributed by atoms with E-state index >= 15 is 0 Å². The van der Waals surface area contributed by atoms with Crippen molar-refractivity contribution in [3.63, 3.8) is 0 Å². The first-order chi connectivity index (χ1) is 9.67. The minimum absolute atomic E-state index is 0.00992. The molecule has 20 heavy (non-hydrogen) atoms. The van der Waals surface area contributed by atoms with Crippen LogP contribution in [0.5, 0.6) is 0 Å². The Labute approximate surface area is 130 Å². The molecule has 0 saturated heterocycles. The highest BCUT2D eigenvalue weighted by atomic mass is 79.9. The van der Waals surface area contributed by atoms with E-state index in [1.54, 1.807) is 17.4 Å². The maximum Gasteiger partial charge on any atom is 0.224 e. The van der Waals surface area contributed by atoms with Gasteiger partial charge in [0.2, 0.25) is 5.91 Å². The van der Waals surface area contributed by atoms with Crippen molar-refractivity contribution in [3.05, 3.63) is 50.6 Å². The van der Waals surface area contributed by atoms with Crippen LogP contribution in [0.15, 0.2) is 40.2 Å². The topological polar surface area (TPSA) is 49.3 Å². The molecule has 1 aromatic carbocycles. The molecule has 0 radical (unpaired) electrons. The summed E-state index contributed by atoms with van der Waals surface area (Å²) in [5, 5.41) is 11.9. The Kier molecular flexibility index (Phi) is 5.76. The average molecular weight is 354 g/mol. The molecule has 0 spiro atoms. The molecule has 1 amide bonds. The summed E-state index contributed by atoms with van der Waals surface area (Å²) >= 11 is 5.14. The summed E-state index contributed by atoms with van der Waals surface area (Å²) in [6.45, 7) is -0.0169. The normalized spacial score (nSPS) is 10.5. The predicted molar refractivity (Wildman–Crippen MR) is 86.0 cm³/mol. The minimum atomic E-state index is -0.0169. The number of anilines is 1. The number of aliphatic hydroxyl groups is 1. The molecule has 106 valence electrons. The quantitative estimate of drug-likeness (QED) is 0.825. The smallest absolute Gasteiger partial charge is 0.224 e. The van der Waals surface area contributed by atoms with Gasteiger partial charge in [0, 0.05) is 17.0 Å². The summed E-state index contributed by atoms with van der Waals surface area (Å²) in [6.07, 6.45) is 2.25. The van der Waals surface area contributed by atoms with Crippen molar-refractivity contribution >= 4 is 38.9 Å². The second kappa shape index (κ2) is 7.57. The van der Waals surface area contributed by atoms with Crippen LogP contribution in [0.4, 0.5) is 5.69 Å². The second-order valence-electron chi connectivity index (χ2n) is 4.47. The van der Waals surface area contributed by atoms with E-state index in [9.17, 15) is 4.79 Å². The highest BCUT2D eigenvalue weighted by Crippen LogP contribution is 2.23. The third-order valence-corrected chi connectivity index (χ3v) is 4.53. The van der Waals surface area contributed by atoms with Crippen LogP contribution in [0.3, 0.4) is 0 Å². The van der Waals surface area contributed by atoms with E-state index in [2.05, 4.69) is 27.3 Å². The fourth-order valence-corrected chi connectivity index (χ4v) is 3.41. The van der Waals surface area contributed by atoms with Crippen LogP contribution in [0.1, 0.15) is 23.3 Å². The Morgan fingerprint density at radius 3 is 2.85 bits per heavy atom. The zero-order chi connectivity index (χ0) is 14.4. The molecule has 0 unspecified atom stereocenters. The lowest BCUT2D eigenvalue weighted by atomic mass is 10.2. The number of hydrogen-bond acceptors (Lipinski definition) is 3. The van der Waals surface area contributed by atoms with Gasteiger partial charge in [0.15, 0.2) is 0 Å². The van der Waals surface area contributed by atoms with E-state index in [-0.39, 0.29) is 12.5 Å². The number of amides is 1. The first kappa shape index (κ1) is 15.2. The van der Waals surface area contributed by atoms with Crippen molar-refractivity contribution < 1.29 is 9.90 Å². The number of aryl methyl sites for hydroxylation is 1. The zero-order valence-corrected chi connectivity index (χ0v) is 13.3. The standard InChI is InChI=1S/C15H16BrNO2S/c16-14-8-7-13(20-14)5-2-6-15(19)17-12-4-1-3-11(9-12)10-18/h1,3-4,7-9,18H,2,5-6,10H2,(H,17,19). The van der Waals surface area contributed by atoms with Gasteiger partial charge in [0.25, 0.3) is 0 Å². The Bertz CT molecular complexity index is 583. The molecule has 2 N–H and O–H groups in total. The molecule has 1 aromatic heterocycles. The molecular weight excluding hydrogens is 338 g/mol. The summed E-state index contributed by atoms with van der Waals surface area (Å²) in [5.74, 6) is 0.00992. The van der Waals surface area contributed by atoms with Gasteiger partial charge in [-0.1, -0.05) is 12.1 Å². The summed E-state index contributed by atoms with van der Waals surface area (Å²) in [6, 6.07) is 11.4. The SMILES string of the molecule is O=C(CCCc1ccc(Br)s1)Nc1cccc(CO)c1. The number of hydrogen-bond donors (Lipinski definition) is 2. The van der Waals surface area contributed by atoms with Gasteiger partial charge < -0.3 is 10.4 Å². The van der Waals surface area contributed by atoms with Crippen molar-refractivity contribution in [2.24, 2.45) is 0 Å². The van der Waals surface area contributed by atoms with Crippen LogP contribution in [0.25, 0.3) is 0 Å². The van der Waals surface area contributed by atoms with Crippen molar-refractivity contribution in [1.29, 1.82) is 0 Å². The van der Waals surface area contributed by atoms with E-state index < -0.39 is 0 Å². The van der Waals surface area contributed by atoms with Gasteiger partial charge in [0.1, 0.15) is 0 Å². The van der Waals surface area contributed by atoms with Crippen molar-refractivity contribution in [2.75, 3.05) is 5.32 Å². The number of thiophene rings is 1. The molecule has 0 aliphatic heterocycles. The number of rotatable bonds is 6. The van der Waals surface area contributed by atoms with E-state index in [1.165, 1.54) is 4.88 Å². The van der Waals surface area contributed by atoms with Crippen molar-refractivity contribution in [3.8, 4) is 0 Å². The number of halogens is 1. The third-order valence-electron chi connectivity index (χ3n) is 2.85. The zero-order valence-electron chi connectivity index (χ0n) is 10.9. The first-order valence-electron chi connectivity index (χ1n) is 6.41. The van der Waals surface area contributed by atoms with Crippen LogP contribution in [0, 0.1) is 0 Å². The van der Waals surface area contributed by atoms with E-state index in [1.807, 2.05) is 24.3 Å². The molecule has 2 rings (SSSR count). The molecule has 3 nitrogen and oxygen atoms in total. The van der Waals surface area contributed by atoms with Crippen molar-refractivity contribution in [2.45, 2.75) is 25.9 Å². The Morgan fingerprint density at radius 2 is 2.15 bits per heavy atom. The molecule has 2 aromatic rings. The highest BCUT2D eigenvalue weighted by Gasteiger charge is 2.04. The molecular formula is C15H16BrNO2S. The number of benzene rings is 1. The van der Waals surface area contributed by atoms with Crippen molar-refractivity contribution in [1.82, 2.24) is 0 Å². The molecule has 0 aliphatic rings. The van der Waals surface area contributed by atoms with Gasteiger partial charge >= 0.3 is 0 Å². The number of carbonyl (C=O) groups is 1. The molecule has 0 fully saturated rings. The van der Waals surface area contributed by atoms with Crippen LogP contribution in [0.2, 0.25) is 0 Å². The van der Waals surface area contributed by atoms with Crippen LogP contribution in [-0.2, 0) is 17.8 Å². The summed E-state index contributed by atoms with van der Waals surface area (Å²) in [4.78, 5) is 13.1. The number of nitrogens with one attached hydrogen (secondary N) is 1. The van der Waals surface area contributed by atoms with Crippen LogP contribution < -0.4 is 5.32 Å². The average Bonchev–Trinajstić information content (AvgIpc) is 2.84. The lowest BCUT2D eigenvalue weighted by Gasteiger charge is -2.06. The molecule has 5 heteroatoms. The lowest BCUT2D eigenvalue weighted by molar-refractivity contribution is -0.116. The Hall–Kier alpha value is -1.17. The van der Waals surface area contributed by atoms with Gasteiger partial charge in [0.05, 0.1) is 10.4 Å². The molecule has 0 atom stereocenters. The van der Waals surface area contributed by atoms with E-state index in [0.717, 1.165) is 27.9 Å².